The van der Waals surface area contributed by atoms with E-state index in [4.69, 9.17) is 16.3 Å². The monoisotopic (exact) mass is 366 g/mol. The molecule has 5 nitrogen and oxygen atoms in total. The summed E-state index contributed by atoms with van der Waals surface area (Å²) in [6, 6.07) is 7.59. The van der Waals surface area contributed by atoms with Crippen molar-refractivity contribution < 1.29 is 4.74 Å². The zero-order valence-corrected chi connectivity index (χ0v) is 16.4. The fraction of sp³-hybridized carbons (Fsp3) is 0.632. The molecule has 1 saturated heterocycles. The summed E-state index contributed by atoms with van der Waals surface area (Å²) in [5.74, 6) is 2.24. The van der Waals surface area contributed by atoms with Crippen LogP contribution in [-0.2, 0) is 0 Å². The summed E-state index contributed by atoms with van der Waals surface area (Å²) < 4.78 is 6.01. The van der Waals surface area contributed by atoms with Crippen molar-refractivity contribution in [3.8, 4) is 5.75 Å². The molecule has 1 aromatic carbocycles. The number of likely N-dealkylation sites (tertiary alicyclic amines) is 1. The molecule has 1 heterocycles. The molecule has 0 radical (unpaired) electrons. The van der Waals surface area contributed by atoms with Gasteiger partial charge in [0.25, 0.3) is 0 Å². The average molecular weight is 367 g/mol. The number of piperidine rings is 1. The average Bonchev–Trinajstić information content (AvgIpc) is 2.62. The Morgan fingerprint density at radius 1 is 1.40 bits per heavy atom. The maximum atomic E-state index is 6.18. The molecule has 0 saturated carbocycles. The Kier molecular flexibility index (Phi) is 8.35. The first-order valence-corrected chi connectivity index (χ1v) is 9.54. The highest BCUT2D eigenvalue weighted by Gasteiger charge is 2.17. The molecule has 25 heavy (non-hydrogen) atoms. The zero-order valence-electron chi connectivity index (χ0n) is 15.6. The van der Waals surface area contributed by atoms with Crippen LogP contribution in [0.1, 0.15) is 26.2 Å². The topological polar surface area (TPSA) is 48.9 Å². The molecular weight excluding hydrogens is 336 g/mol. The van der Waals surface area contributed by atoms with Gasteiger partial charge in [-0.15, -0.1) is 0 Å². The molecule has 1 aliphatic heterocycles. The van der Waals surface area contributed by atoms with Crippen LogP contribution in [-0.4, -0.2) is 57.2 Å². The van der Waals surface area contributed by atoms with E-state index in [1.54, 1.807) is 7.05 Å². The highest BCUT2D eigenvalue weighted by atomic mass is 35.5. The minimum atomic E-state index is 0.0410. The van der Waals surface area contributed by atoms with Gasteiger partial charge in [-0.1, -0.05) is 30.7 Å². The number of hydrogen-bond acceptors (Lipinski definition) is 3. The third kappa shape index (κ3) is 6.75. The maximum absolute atomic E-state index is 6.18. The number of para-hydroxylation sites is 1. The number of ether oxygens (including phenoxy) is 1. The van der Waals surface area contributed by atoms with Gasteiger partial charge in [-0.3, -0.25) is 4.99 Å². The second-order valence-corrected chi connectivity index (χ2v) is 7.09. The molecule has 0 amide bonds. The van der Waals surface area contributed by atoms with Crippen LogP contribution in [0.5, 0.6) is 5.75 Å². The van der Waals surface area contributed by atoms with E-state index >= 15 is 0 Å². The number of benzene rings is 1. The van der Waals surface area contributed by atoms with Gasteiger partial charge in [0.1, 0.15) is 11.9 Å². The summed E-state index contributed by atoms with van der Waals surface area (Å²) in [6.45, 7) is 6.10. The molecule has 6 heteroatoms. The lowest BCUT2D eigenvalue weighted by Crippen LogP contribution is -2.46. The van der Waals surface area contributed by atoms with Gasteiger partial charge in [0.05, 0.1) is 11.6 Å². The van der Waals surface area contributed by atoms with Crippen LogP contribution < -0.4 is 15.4 Å². The Morgan fingerprint density at radius 2 is 2.20 bits per heavy atom. The minimum Gasteiger partial charge on any atom is -0.487 e. The Morgan fingerprint density at radius 3 is 2.88 bits per heavy atom. The van der Waals surface area contributed by atoms with Crippen molar-refractivity contribution in [2.45, 2.75) is 32.3 Å². The molecule has 0 bridgehead atoms. The number of aliphatic imine (C=N–C) groups is 1. The van der Waals surface area contributed by atoms with Crippen LogP contribution >= 0.6 is 11.6 Å². The fourth-order valence-electron chi connectivity index (χ4n) is 3.10. The minimum absolute atomic E-state index is 0.0410. The first-order valence-electron chi connectivity index (χ1n) is 9.16. The van der Waals surface area contributed by atoms with Gasteiger partial charge in [-0.2, -0.15) is 0 Å². The maximum Gasteiger partial charge on any atom is 0.191 e. The van der Waals surface area contributed by atoms with E-state index in [1.807, 2.05) is 24.3 Å². The predicted octanol–water partition coefficient (Wildman–Crippen LogP) is 3.00. The normalized spacial score (nSPS) is 20.2. The van der Waals surface area contributed by atoms with E-state index < -0.39 is 0 Å². The van der Waals surface area contributed by atoms with Crippen LogP contribution in [0.15, 0.2) is 29.3 Å². The van der Waals surface area contributed by atoms with E-state index in [0.717, 1.165) is 31.2 Å². The highest BCUT2D eigenvalue weighted by molar-refractivity contribution is 6.32. The number of nitrogens with zero attached hydrogens (tertiary/aromatic N) is 2. The first-order chi connectivity index (χ1) is 12.1. The van der Waals surface area contributed by atoms with E-state index in [-0.39, 0.29) is 6.10 Å². The quantitative estimate of drug-likeness (QED) is 0.575. The summed E-state index contributed by atoms with van der Waals surface area (Å²) in [5.41, 5.74) is 0. The SMILES string of the molecule is CCC(CNC(=NC)NCC1CCCN(C)C1)Oc1ccccc1Cl. The number of rotatable bonds is 7. The number of nitrogens with one attached hydrogen (secondary N) is 2. The Hall–Kier alpha value is -1.46. The molecular formula is C19H31ClN4O. The molecule has 2 unspecified atom stereocenters. The number of hydrogen-bond donors (Lipinski definition) is 2. The first kappa shape index (κ1) is 19.9. The van der Waals surface area contributed by atoms with E-state index in [0.29, 0.717) is 17.5 Å². The van der Waals surface area contributed by atoms with Crippen molar-refractivity contribution in [2.24, 2.45) is 10.9 Å². The van der Waals surface area contributed by atoms with Gasteiger partial charge < -0.3 is 20.3 Å². The summed E-state index contributed by atoms with van der Waals surface area (Å²) in [4.78, 5) is 6.72. The molecule has 2 rings (SSSR count). The van der Waals surface area contributed by atoms with Crippen LogP contribution in [0.4, 0.5) is 0 Å². The fourth-order valence-corrected chi connectivity index (χ4v) is 3.28. The van der Waals surface area contributed by atoms with Gasteiger partial charge in [0, 0.05) is 20.1 Å². The predicted molar refractivity (Wildman–Crippen MR) is 106 cm³/mol. The van der Waals surface area contributed by atoms with Crippen LogP contribution in [0.25, 0.3) is 0 Å². The van der Waals surface area contributed by atoms with Crippen molar-refractivity contribution in [1.29, 1.82) is 0 Å². The van der Waals surface area contributed by atoms with E-state index in [9.17, 15) is 0 Å². The smallest absolute Gasteiger partial charge is 0.191 e. The third-order valence-corrected chi connectivity index (χ3v) is 4.90. The molecule has 1 aromatic rings. The van der Waals surface area contributed by atoms with Crippen molar-refractivity contribution in [1.82, 2.24) is 15.5 Å². The van der Waals surface area contributed by atoms with Gasteiger partial charge in [0.2, 0.25) is 0 Å². The Bertz CT molecular complexity index is 552. The highest BCUT2D eigenvalue weighted by Crippen LogP contribution is 2.24. The van der Waals surface area contributed by atoms with Gasteiger partial charge >= 0.3 is 0 Å². The van der Waals surface area contributed by atoms with Crippen LogP contribution in [0, 0.1) is 5.92 Å². The lowest BCUT2D eigenvalue weighted by Gasteiger charge is -2.30. The Balaban J connectivity index is 1.77. The van der Waals surface area contributed by atoms with Crippen LogP contribution in [0.3, 0.4) is 0 Å². The molecule has 1 aliphatic rings. The lowest BCUT2D eigenvalue weighted by atomic mass is 9.99. The molecule has 140 valence electrons. The Labute approximate surface area is 156 Å². The van der Waals surface area contributed by atoms with Crippen molar-refractivity contribution in [3.63, 3.8) is 0 Å². The van der Waals surface area contributed by atoms with Gasteiger partial charge in [-0.05, 0) is 50.9 Å². The van der Waals surface area contributed by atoms with Gasteiger partial charge in [-0.25, -0.2) is 0 Å². The molecule has 0 aromatic heterocycles. The molecule has 2 atom stereocenters. The third-order valence-electron chi connectivity index (χ3n) is 4.59. The summed E-state index contributed by atoms with van der Waals surface area (Å²) in [7, 11) is 4.00. The van der Waals surface area contributed by atoms with Crippen molar-refractivity contribution >= 4 is 17.6 Å². The summed E-state index contributed by atoms with van der Waals surface area (Å²) in [6.07, 6.45) is 3.49. The molecule has 0 spiro atoms. The summed E-state index contributed by atoms with van der Waals surface area (Å²) >= 11 is 6.18. The second-order valence-electron chi connectivity index (χ2n) is 6.68. The molecule has 1 fully saturated rings. The molecule has 0 aliphatic carbocycles. The summed E-state index contributed by atoms with van der Waals surface area (Å²) in [5, 5.41) is 7.46. The standard InChI is InChI=1S/C19H31ClN4O/c1-4-16(25-18-10-6-5-9-17(18)20)13-23-19(21-2)22-12-15-8-7-11-24(3)14-15/h5-6,9-10,15-16H,4,7-8,11-14H2,1-3H3,(H2,21,22,23). The lowest BCUT2D eigenvalue weighted by molar-refractivity contribution is 0.198. The second kappa shape index (κ2) is 10.5. The zero-order chi connectivity index (χ0) is 18.1. The largest absolute Gasteiger partial charge is 0.487 e. The van der Waals surface area contributed by atoms with Crippen LogP contribution in [0.2, 0.25) is 5.02 Å². The van der Waals surface area contributed by atoms with E-state index in [1.165, 1.54) is 19.4 Å². The van der Waals surface area contributed by atoms with Gasteiger partial charge in [0.15, 0.2) is 5.96 Å². The van der Waals surface area contributed by atoms with E-state index in [2.05, 4.69) is 34.5 Å². The molecule has 2 N–H and O–H groups in total. The van der Waals surface area contributed by atoms with Crippen molar-refractivity contribution in [3.05, 3.63) is 29.3 Å². The van der Waals surface area contributed by atoms with Crippen molar-refractivity contribution in [2.75, 3.05) is 40.3 Å². The number of guanidine groups is 1. The number of halogens is 1.